The fraction of sp³-hybridized carbons (Fsp3) is 0.545. The Kier molecular flexibility index (Phi) is 2.95. The minimum Gasteiger partial charge on any atom is -0.393 e. The van der Waals surface area contributed by atoms with E-state index >= 15 is 0 Å². The first kappa shape index (κ1) is 11.9. The normalized spacial score (nSPS) is 24.6. The van der Waals surface area contributed by atoms with Gasteiger partial charge in [-0.25, -0.2) is 14.8 Å². The number of imidazole rings is 1. The number of aliphatic hydroxyl groups excluding tert-OH is 1. The molecule has 0 amide bonds. The fourth-order valence-electron chi connectivity index (χ4n) is 2.53. The Balaban J connectivity index is 2.08. The molecule has 1 fully saturated rings. The molecular weight excluding hydrogens is 300 g/mol. The van der Waals surface area contributed by atoms with Crippen molar-refractivity contribution in [3.63, 3.8) is 0 Å². The zero-order chi connectivity index (χ0) is 12.7. The summed E-state index contributed by atoms with van der Waals surface area (Å²) in [5.41, 5.74) is 0.912. The molecule has 2 aromatic rings. The summed E-state index contributed by atoms with van der Waals surface area (Å²) in [5, 5.41) is 9.52. The minimum absolute atomic E-state index is 0.0956. The van der Waals surface area contributed by atoms with Gasteiger partial charge in [-0.2, -0.15) is 0 Å². The average molecular weight is 313 g/mol. The van der Waals surface area contributed by atoms with Gasteiger partial charge >= 0.3 is 5.69 Å². The SMILES string of the molecule is O=c1[nH]c2ncc(Br)nc2n1[C@H]1CC[C@H](O)CC1. The van der Waals surface area contributed by atoms with Crippen LogP contribution in [0, 0.1) is 0 Å². The van der Waals surface area contributed by atoms with Crippen molar-refractivity contribution < 1.29 is 5.11 Å². The van der Waals surface area contributed by atoms with E-state index in [2.05, 4.69) is 30.9 Å². The summed E-state index contributed by atoms with van der Waals surface area (Å²) < 4.78 is 2.28. The molecular formula is C11H13BrN4O2. The lowest BCUT2D eigenvalue weighted by atomic mass is 9.93. The molecule has 3 rings (SSSR count). The number of aromatic nitrogens is 4. The van der Waals surface area contributed by atoms with Crippen LogP contribution in [0.4, 0.5) is 0 Å². The highest BCUT2D eigenvalue weighted by molar-refractivity contribution is 9.10. The van der Waals surface area contributed by atoms with Crippen LogP contribution in [0.1, 0.15) is 31.7 Å². The molecule has 2 aromatic heterocycles. The van der Waals surface area contributed by atoms with Gasteiger partial charge in [0, 0.05) is 6.04 Å². The highest BCUT2D eigenvalue weighted by Crippen LogP contribution is 2.29. The van der Waals surface area contributed by atoms with Crippen LogP contribution in [-0.4, -0.2) is 30.7 Å². The molecule has 0 atom stereocenters. The van der Waals surface area contributed by atoms with Crippen molar-refractivity contribution in [2.75, 3.05) is 0 Å². The molecule has 96 valence electrons. The number of hydrogen-bond donors (Lipinski definition) is 2. The number of aliphatic hydroxyl groups is 1. The van der Waals surface area contributed by atoms with Gasteiger partial charge in [-0.15, -0.1) is 0 Å². The Morgan fingerprint density at radius 1 is 1.39 bits per heavy atom. The van der Waals surface area contributed by atoms with Gasteiger partial charge in [0.2, 0.25) is 0 Å². The van der Waals surface area contributed by atoms with Gasteiger partial charge in [0.05, 0.1) is 12.3 Å². The Hall–Kier alpha value is -1.21. The predicted molar refractivity (Wildman–Crippen MR) is 69.4 cm³/mol. The summed E-state index contributed by atoms with van der Waals surface area (Å²) in [7, 11) is 0. The van der Waals surface area contributed by atoms with Gasteiger partial charge in [0.1, 0.15) is 4.60 Å². The van der Waals surface area contributed by atoms with Crippen molar-refractivity contribution in [3.05, 3.63) is 21.3 Å². The third kappa shape index (κ3) is 1.97. The van der Waals surface area contributed by atoms with Crippen molar-refractivity contribution in [3.8, 4) is 0 Å². The summed E-state index contributed by atoms with van der Waals surface area (Å²) in [6, 6.07) is 0.0956. The summed E-state index contributed by atoms with van der Waals surface area (Å²) in [5.74, 6) is 0. The maximum absolute atomic E-state index is 12.0. The number of rotatable bonds is 1. The molecule has 18 heavy (non-hydrogen) atoms. The molecule has 0 spiro atoms. The second kappa shape index (κ2) is 4.47. The number of nitrogens with zero attached hydrogens (tertiary/aromatic N) is 3. The third-order valence-electron chi connectivity index (χ3n) is 3.43. The van der Waals surface area contributed by atoms with E-state index in [0.717, 1.165) is 25.7 Å². The van der Waals surface area contributed by atoms with Crippen molar-refractivity contribution in [1.29, 1.82) is 0 Å². The van der Waals surface area contributed by atoms with Gasteiger partial charge in [-0.05, 0) is 41.6 Å². The van der Waals surface area contributed by atoms with Crippen LogP contribution in [-0.2, 0) is 0 Å². The molecule has 0 radical (unpaired) electrons. The lowest BCUT2D eigenvalue weighted by Gasteiger charge is -2.25. The molecule has 0 aromatic carbocycles. The predicted octanol–water partition coefficient (Wildman–Crippen LogP) is 1.36. The molecule has 0 saturated heterocycles. The van der Waals surface area contributed by atoms with E-state index in [1.807, 2.05) is 0 Å². The lowest BCUT2D eigenvalue weighted by molar-refractivity contribution is 0.111. The zero-order valence-corrected chi connectivity index (χ0v) is 11.2. The summed E-state index contributed by atoms with van der Waals surface area (Å²) in [6.45, 7) is 0. The molecule has 1 aliphatic carbocycles. The Labute approximate surface area is 111 Å². The third-order valence-corrected chi connectivity index (χ3v) is 3.81. The molecule has 0 unspecified atom stereocenters. The van der Waals surface area contributed by atoms with E-state index in [4.69, 9.17) is 0 Å². The van der Waals surface area contributed by atoms with Gasteiger partial charge in [-0.1, -0.05) is 0 Å². The van der Waals surface area contributed by atoms with Crippen molar-refractivity contribution in [2.45, 2.75) is 37.8 Å². The molecule has 2 N–H and O–H groups in total. The standard InChI is InChI=1S/C11H13BrN4O2/c12-8-5-13-9-10(14-8)16(11(18)15-9)6-1-3-7(17)4-2-6/h5-7,17H,1-4H2,(H,13,15,18)/t6-,7-. The van der Waals surface area contributed by atoms with Gasteiger partial charge in [0.15, 0.2) is 11.3 Å². The summed E-state index contributed by atoms with van der Waals surface area (Å²) in [4.78, 5) is 23.1. The van der Waals surface area contributed by atoms with Gasteiger partial charge in [0.25, 0.3) is 0 Å². The molecule has 6 nitrogen and oxygen atoms in total. The molecule has 0 bridgehead atoms. The van der Waals surface area contributed by atoms with E-state index in [1.165, 1.54) is 0 Å². The lowest BCUT2D eigenvalue weighted by Crippen LogP contribution is -2.27. The number of nitrogens with one attached hydrogen (secondary N) is 1. The van der Waals surface area contributed by atoms with Crippen molar-refractivity contribution >= 4 is 27.2 Å². The summed E-state index contributed by atoms with van der Waals surface area (Å²) >= 11 is 3.27. The van der Waals surface area contributed by atoms with Crippen molar-refractivity contribution in [1.82, 2.24) is 19.5 Å². The smallest absolute Gasteiger partial charge is 0.329 e. The largest absolute Gasteiger partial charge is 0.393 e. The maximum Gasteiger partial charge on any atom is 0.329 e. The molecule has 1 aliphatic rings. The maximum atomic E-state index is 12.0. The van der Waals surface area contributed by atoms with E-state index < -0.39 is 0 Å². The number of aromatic amines is 1. The van der Waals surface area contributed by atoms with Crippen LogP contribution in [0.15, 0.2) is 15.6 Å². The van der Waals surface area contributed by atoms with Crippen LogP contribution >= 0.6 is 15.9 Å². The van der Waals surface area contributed by atoms with Gasteiger partial charge < -0.3 is 5.11 Å². The zero-order valence-electron chi connectivity index (χ0n) is 9.64. The second-order valence-electron chi connectivity index (χ2n) is 4.63. The number of halogens is 1. The van der Waals surface area contributed by atoms with Crippen molar-refractivity contribution in [2.24, 2.45) is 0 Å². The quantitative estimate of drug-likeness (QED) is 0.832. The van der Waals surface area contributed by atoms with Crippen LogP contribution in [0.2, 0.25) is 0 Å². The Morgan fingerprint density at radius 2 is 2.11 bits per heavy atom. The number of H-pyrrole nitrogens is 1. The number of fused-ring (bicyclic) bond motifs is 1. The minimum atomic E-state index is -0.236. The average Bonchev–Trinajstić information content (AvgIpc) is 2.66. The highest BCUT2D eigenvalue weighted by atomic mass is 79.9. The number of hydrogen-bond acceptors (Lipinski definition) is 4. The summed E-state index contributed by atoms with van der Waals surface area (Å²) in [6.07, 6.45) is 4.37. The highest BCUT2D eigenvalue weighted by Gasteiger charge is 2.24. The first-order chi connectivity index (χ1) is 8.65. The topological polar surface area (TPSA) is 83.8 Å². The molecule has 0 aliphatic heterocycles. The van der Waals surface area contributed by atoms with E-state index in [9.17, 15) is 9.90 Å². The first-order valence-electron chi connectivity index (χ1n) is 5.96. The van der Waals surface area contributed by atoms with Crippen LogP contribution in [0.25, 0.3) is 11.3 Å². The fourth-order valence-corrected chi connectivity index (χ4v) is 2.80. The van der Waals surface area contributed by atoms with E-state index in [1.54, 1.807) is 10.8 Å². The van der Waals surface area contributed by atoms with Crippen LogP contribution < -0.4 is 5.69 Å². The molecule has 2 heterocycles. The monoisotopic (exact) mass is 312 g/mol. The van der Waals surface area contributed by atoms with Crippen LogP contribution in [0.3, 0.4) is 0 Å². The molecule has 7 heteroatoms. The van der Waals surface area contributed by atoms with Crippen LogP contribution in [0.5, 0.6) is 0 Å². The van der Waals surface area contributed by atoms with E-state index in [-0.39, 0.29) is 17.8 Å². The molecule has 1 saturated carbocycles. The van der Waals surface area contributed by atoms with Gasteiger partial charge in [-0.3, -0.25) is 9.55 Å². The Bertz CT molecular complexity index is 627. The van der Waals surface area contributed by atoms with E-state index in [0.29, 0.717) is 15.9 Å². The first-order valence-corrected chi connectivity index (χ1v) is 6.75. The second-order valence-corrected chi connectivity index (χ2v) is 5.44. The Morgan fingerprint density at radius 3 is 2.83 bits per heavy atom.